The lowest BCUT2D eigenvalue weighted by Crippen LogP contribution is -2.21. The van der Waals surface area contributed by atoms with Gasteiger partial charge in [-0.3, -0.25) is 4.79 Å². The van der Waals surface area contributed by atoms with Gasteiger partial charge in [-0.25, -0.2) is 18.0 Å². The number of halogens is 4. The van der Waals surface area contributed by atoms with Crippen LogP contribution in [0.1, 0.15) is 10.4 Å². The molecule has 0 aliphatic carbocycles. The Morgan fingerprint density at radius 2 is 1.70 bits per heavy atom. The molecular formula is C15H9ClF3NO3. The first-order valence-corrected chi connectivity index (χ1v) is 6.61. The summed E-state index contributed by atoms with van der Waals surface area (Å²) in [6.45, 7) is -0.761. The number of benzene rings is 2. The Morgan fingerprint density at radius 3 is 2.35 bits per heavy atom. The molecule has 0 aromatic heterocycles. The normalized spacial score (nSPS) is 10.3. The molecular weight excluding hydrogens is 335 g/mol. The van der Waals surface area contributed by atoms with E-state index in [1.165, 1.54) is 12.1 Å². The monoisotopic (exact) mass is 343 g/mol. The van der Waals surface area contributed by atoms with Crippen molar-refractivity contribution >= 4 is 29.2 Å². The second-order valence-electron chi connectivity index (χ2n) is 4.41. The van der Waals surface area contributed by atoms with E-state index in [1.807, 2.05) is 0 Å². The second kappa shape index (κ2) is 7.15. The van der Waals surface area contributed by atoms with E-state index in [9.17, 15) is 22.8 Å². The summed E-state index contributed by atoms with van der Waals surface area (Å²) in [6, 6.07) is 5.65. The third-order valence-corrected chi connectivity index (χ3v) is 2.87. The van der Waals surface area contributed by atoms with Gasteiger partial charge in [-0.05, 0) is 30.3 Å². The van der Waals surface area contributed by atoms with E-state index in [0.717, 1.165) is 18.2 Å². The Labute approximate surface area is 133 Å². The fraction of sp³-hybridized carbons (Fsp3) is 0.0667. The molecule has 0 heterocycles. The minimum atomic E-state index is -1.09. The van der Waals surface area contributed by atoms with Gasteiger partial charge in [-0.2, -0.15) is 0 Å². The molecule has 0 unspecified atom stereocenters. The molecule has 0 aliphatic rings. The Hall–Kier alpha value is -2.54. The Kier molecular flexibility index (Phi) is 5.23. The average Bonchev–Trinajstić information content (AvgIpc) is 2.47. The van der Waals surface area contributed by atoms with Crippen LogP contribution in [0, 0.1) is 17.5 Å². The molecule has 2 rings (SSSR count). The smallest absolute Gasteiger partial charge is 0.338 e. The highest BCUT2D eigenvalue weighted by Gasteiger charge is 2.14. The fourth-order valence-corrected chi connectivity index (χ4v) is 1.84. The zero-order chi connectivity index (χ0) is 17.0. The number of hydrogen-bond acceptors (Lipinski definition) is 3. The minimum Gasteiger partial charge on any atom is -0.452 e. The molecule has 1 amide bonds. The zero-order valence-corrected chi connectivity index (χ0v) is 12.2. The van der Waals surface area contributed by atoms with E-state index in [-0.39, 0.29) is 16.3 Å². The van der Waals surface area contributed by atoms with Crippen LogP contribution in [0.25, 0.3) is 0 Å². The van der Waals surface area contributed by atoms with Gasteiger partial charge in [0.25, 0.3) is 5.91 Å². The summed E-state index contributed by atoms with van der Waals surface area (Å²) in [7, 11) is 0. The number of ether oxygens (including phenoxy) is 1. The van der Waals surface area contributed by atoms with Gasteiger partial charge in [0, 0.05) is 11.1 Å². The van der Waals surface area contributed by atoms with E-state index in [1.54, 1.807) is 0 Å². The second-order valence-corrected chi connectivity index (χ2v) is 4.84. The summed E-state index contributed by atoms with van der Waals surface area (Å²) in [5.74, 6) is -4.56. The van der Waals surface area contributed by atoms with Crippen molar-refractivity contribution in [2.24, 2.45) is 0 Å². The number of rotatable bonds is 4. The number of anilines is 1. The maximum absolute atomic E-state index is 13.4. The van der Waals surface area contributed by atoms with Crippen LogP contribution < -0.4 is 5.32 Å². The van der Waals surface area contributed by atoms with Crippen LogP contribution in [0.3, 0.4) is 0 Å². The fourth-order valence-electron chi connectivity index (χ4n) is 1.67. The van der Waals surface area contributed by atoms with E-state index < -0.39 is 35.9 Å². The molecule has 0 aliphatic heterocycles. The molecule has 23 heavy (non-hydrogen) atoms. The predicted molar refractivity (Wildman–Crippen MR) is 76.7 cm³/mol. The summed E-state index contributed by atoms with van der Waals surface area (Å²) < 4.78 is 44.0. The van der Waals surface area contributed by atoms with Gasteiger partial charge in [-0.15, -0.1) is 0 Å². The van der Waals surface area contributed by atoms with Crippen molar-refractivity contribution in [1.29, 1.82) is 0 Å². The van der Waals surface area contributed by atoms with E-state index in [0.29, 0.717) is 6.07 Å². The topological polar surface area (TPSA) is 55.4 Å². The minimum absolute atomic E-state index is 0.185. The van der Waals surface area contributed by atoms with E-state index in [2.05, 4.69) is 10.1 Å². The molecule has 0 saturated carbocycles. The number of nitrogens with one attached hydrogen (secondary N) is 1. The van der Waals surface area contributed by atoms with Gasteiger partial charge >= 0.3 is 5.97 Å². The number of hydrogen-bond donors (Lipinski definition) is 1. The van der Waals surface area contributed by atoms with Crippen molar-refractivity contribution in [3.63, 3.8) is 0 Å². The maximum Gasteiger partial charge on any atom is 0.338 e. The molecule has 0 saturated heterocycles. The standard InChI is InChI=1S/C15H9ClF3NO3/c16-9-1-2-12(19)13(5-9)20-14(21)7-23-15(22)8-3-10(17)6-11(18)4-8/h1-6H,7H2,(H,20,21). The number of carbonyl (C=O) groups is 2. The van der Waals surface area contributed by atoms with Crippen LogP contribution in [0.15, 0.2) is 36.4 Å². The van der Waals surface area contributed by atoms with Crippen LogP contribution in [0.2, 0.25) is 5.02 Å². The molecule has 0 spiro atoms. The molecule has 2 aromatic carbocycles. The van der Waals surface area contributed by atoms with E-state index >= 15 is 0 Å². The van der Waals surface area contributed by atoms with Crippen molar-refractivity contribution in [3.8, 4) is 0 Å². The molecule has 0 atom stereocenters. The highest BCUT2D eigenvalue weighted by molar-refractivity contribution is 6.30. The first-order chi connectivity index (χ1) is 10.8. The SMILES string of the molecule is O=C(COC(=O)c1cc(F)cc(F)c1)Nc1cc(Cl)ccc1F. The third-order valence-electron chi connectivity index (χ3n) is 2.64. The number of carbonyl (C=O) groups excluding carboxylic acids is 2. The van der Waals surface area contributed by atoms with Gasteiger partial charge in [-0.1, -0.05) is 11.6 Å². The molecule has 0 bridgehead atoms. The van der Waals surface area contributed by atoms with Crippen molar-refractivity contribution in [3.05, 3.63) is 64.4 Å². The lowest BCUT2D eigenvalue weighted by Gasteiger charge is -2.08. The Balaban J connectivity index is 1.96. The molecule has 8 heteroatoms. The summed E-state index contributed by atoms with van der Waals surface area (Å²) in [4.78, 5) is 23.2. The summed E-state index contributed by atoms with van der Waals surface area (Å²) in [5.41, 5.74) is -0.570. The van der Waals surface area contributed by atoms with Crippen molar-refractivity contribution < 1.29 is 27.5 Å². The molecule has 4 nitrogen and oxygen atoms in total. The first-order valence-electron chi connectivity index (χ1n) is 6.23. The maximum atomic E-state index is 13.4. The molecule has 1 N–H and O–H groups in total. The van der Waals surface area contributed by atoms with Crippen LogP contribution >= 0.6 is 11.6 Å². The van der Waals surface area contributed by atoms with E-state index in [4.69, 9.17) is 11.6 Å². The number of esters is 1. The van der Waals surface area contributed by atoms with Crippen LogP contribution in [-0.4, -0.2) is 18.5 Å². The van der Waals surface area contributed by atoms with Crippen molar-refractivity contribution in [2.45, 2.75) is 0 Å². The van der Waals surface area contributed by atoms with Gasteiger partial charge < -0.3 is 10.1 Å². The molecule has 0 fully saturated rings. The molecule has 120 valence electrons. The average molecular weight is 344 g/mol. The van der Waals surface area contributed by atoms with Gasteiger partial charge in [0.15, 0.2) is 6.61 Å². The quantitative estimate of drug-likeness (QED) is 0.864. The van der Waals surface area contributed by atoms with Gasteiger partial charge in [0.2, 0.25) is 0 Å². The summed E-state index contributed by atoms with van der Waals surface area (Å²) in [6.07, 6.45) is 0. The Bertz CT molecular complexity index is 747. The lowest BCUT2D eigenvalue weighted by atomic mass is 10.2. The van der Waals surface area contributed by atoms with Crippen LogP contribution in [-0.2, 0) is 9.53 Å². The highest BCUT2D eigenvalue weighted by atomic mass is 35.5. The highest BCUT2D eigenvalue weighted by Crippen LogP contribution is 2.19. The van der Waals surface area contributed by atoms with Crippen molar-refractivity contribution in [1.82, 2.24) is 0 Å². The van der Waals surface area contributed by atoms with Gasteiger partial charge in [0.1, 0.15) is 17.5 Å². The predicted octanol–water partition coefficient (Wildman–Crippen LogP) is 3.55. The lowest BCUT2D eigenvalue weighted by molar-refractivity contribution is -0.119. The molecule has 2 aromatic rings. The van der Waals surface area contributed by atoms with Crippen LogP contribution in [0.4, 0.5) is 18.9 Å². The van der Waals surface area contributed by atoms with Gasteiger partial charge in [0.05, 0.1) is 11.3 Å². The van der Waals surface area contributed by atoms with Crippen LogP contribution in [0.5, 0.6) is 0 Å². The largest absolute Gasteiger partial charge is 0.452 e. The summed E-state index contributed by atoms with van der Waals surface area (Å²) in [5, 5.41) is 2.36. The zero-order valence-electron chi connectivity index (χ0n) is 11.4. The van der Waals surface area contributed by atoms with Crippen molar-refractivity contribution in [2.75, 3.05) is 11.9 Å². The third kappa shape index (κ3) is 4.72. The molecule has 0 radical (unpaired) electrons. The number of amides is 1. The first kappa shape index (κ1) is 16.8. The summed E-state index contributed by atoms with van der Waals surface area (Å²) >= 11 is 5.66. The Morgan fingerprint density at radius 1 is 1.04 bits per heavy atom.